The van der Waals surface area contributed by atoms with Gasteiger partial charge in [0, 0.05) is 10.5 Å². The molecule has 3 nitrogen and oxygen atoms in total. The van der Waals surface area contributed by atoms with E-state index in [0.717, 1.165) is 6.07 Å². The van der Waals surface area contributed by atoms with Gasteiger partial charge in [-0.15, -0.1) is 0 Å². The zero-order chi connectivity index (χ0) is 14.8. The third-order valence-electron chi connectivity index (χ3n) is 1.97. The number of benzene rings is 1. The third-order valence-corrected chi connectivity index (χ3v) is 3.46. The van der Waals surface area contributed by atoms with Gasteiger partial charge in [0.05, 0.1) is 16.5 Å². The molecule has 0 amide bonds. The maximum Gasteiger partial charge on any atom is 0.426 e. The van der Waals surface area contributed by atoms with Gasteiger partial charge in [0.25, 0.3) is 0 Å². The van der Waals surface area contributed by atoms with Crippen molar-refractivity contribution in [3.8, 4) is 5.75 Å². The lowest BCUT2D eigenvalue weighted by atomic mass is 10.2. The summed E-state index contributed by atoms with van der Waals surface area (Å²) in [6.07, 6.45) is -8.56. The van der Waals surface area contributed by atoms with Crippen LogP contribution in [0.25, 0.3) is 0 Å². The van der Waals surface area contributed by atoms with Gasteiger partial charge in [-0.2, -0.15) is 13.2 Å². The van der Waals surface area contributed by atoms with Gasteiger partial charge in [-0.05, 0) is 22.0 Å². The summed E-state index contributed by atoms with van der Waals surface area (Å²) in [7, 11) is 0. The third kappa shape index (κ3) is 4.74. The van der Waals surface area contributed by atoms with E-state index in [1.807, 2.05) is 0 Å². The molecule has 0 aliphatic rings. The monoisotopic (exact) mass is 380 g/mol. The Morgan fingerprint density at radius 3 is 2.42 bits per heavy atom. The van der Waals surface area contributed by atoms with Crippen molar-refractivity contribution in [2.24, 2.45) is 0 Å². The van der Waals surface area contributed by atoms with Crippen LogP contribution >= 0.6 is 39.1 Å². The molecule has 1 unspecified atom stereocenters. The molecule has 1 aromatic rings. The first-order valence-corrected chi connectivity index (χ1v) is 6.26. The molecule has 19 heavy (non-hydrogen) atoms. The van der Waals surface area contributed by atoms with Gasteiger partial charge in [-0.3, -0.25) is 4.79 Å². The van der Waals surface area contributed by atoms with Crippen LogP contribution in [0, 0.1) is 0 Å². The first-order chi connectivity index (χ1) is 8.61. The Morgan fingerprint density at radius 1 is 1.37 bits per heavy atom. The summed E-state index contributed by atoms with van der Waals surface area (Å²) in [4.78, 5) is 10.4. The molecule has 0 aliphatic heterocycles. The molecule has 1 aromatic carbocycles. The average molecular weight is 382 g/mol. The van der Waals surface area contributed by atoms with E-state index in [-0.39, 0.29) is 15.8 Å². The summed E-state index contributed by atoms with van der Waals surface area (Å²) in [5, 5.41) is 8.42. The van der Waals surface area contributed by atoms with E-state index in [4.69, 9.17) is 28.3 Å². The Hall–Kier alpha value is -0.660. The maximum atomic E-state index is 12.6. The van der Waals surface area contributed by atoms with Crippen molar-refractivity contribution in [3.05, 3.63) is 26.7 Å². The minimum absolute atomic E-state index is 0.0932. The lowest BCUT2D eigenvalue weighted by Gasteiger charge is -2.21. The minimum atomic E-state index is -4.83. The second-order valence-corrected chi connectivity index (χ2v) is 5.11. The molecule has 0 heterocycles. The number of hydrogen-bond donors (Lipinski definition) is 1. The lowest BCUT2D eigenvalue weighted by molar-refractivity contribution is -0.200. The van der Waals surface area contributed by atoms with Crippen LogP contribution < -0.4 is 4.74 Å². The SMILES string of the molecule is O=C(O)CC(Oc1cc(Cl)c(Br)cc1Cl)C(F)(F)F. The van der Waals surface area contributed by atoms with E-state index in [1.165, 1.54) is 6.07 Å². The topological polar surface area (TPSA) is 46.5 Å². The Bertz CT molecular complexity index is 494. The van der Waals surface area contributed by atoms with Crippen molar-refractivity contribution in [3.63, 3.8) is 0 Å². The second-order valence-electron chi connectivity index (χ2n) is 3.44. The van der Waals surface area contributed by atoms with Gasteiger partial charge in [0.1, 0.15) is 5.75 Å². The standard InChI is InChI=1S/C10H6BrCl2F3O3/c11-4-1-6(13)7(2-5(4)12)19-8(3-9(17)18)10(14,15)16/h1-2,8H,3H2,(H,17,18). The Balaban J connectivity index is 3.03. The summed E-state index contributed by atoms with van der Waals surface area (Å²) in [6, 6.07) is 2.34. The van der Waals surface area contributed by atoms with Crippen LogP contribution in [0.15, 0.2) is 16.6 Å². The summed E-state index contributed by atoms with van der Waals surface area (Å²) in [5.41, 5.74) is 0. The fraction of sp³-hybridized carbons (Fsp3) is 0.300. The molecule has 0 bridgehead atoms. The number of carboxylic acids is 1. The highest BCUT2D eigenvalue weighted by molar-refractivity contribution is 9.10. The number of rotatable bonds is 4. The zero-order valence-corrected chi connectivity index (χ0v) is 12.1. The van der Waals surface area contributed by atoms with Gasteiger partial charge < -0.3 is 9.84 Å². The van der Waals surface area contributed by atoms with E-state index in [1.54, 1.807) is 0 Å². The van der Waals surface area contributed by atoms with Crippen LogP contribution in [0.2, 0.25) is 10.0 Å². The maximum absolute atomic E-state index is 12.6. The van der Waals surface area contributed by atoms with Crippen molar-refractivity contribution in [1.82, 2.24) is 0 Å². The van der Waals surface area contributed by atoms with Crippen LogP contribution in [0.5, 0.6) is 5.75 Å². The van der Waals surface area contributed by atoms with E-state index >= 15 is 0 Å². The van der Waals surface area contributed by atoms with Crippen LogP contribution in [0.4, 0.5) is 13.2 Å². The number of carbonyl (C=O) groups is 1. The Kier molecular flexibility index (Phi) is 5.34. The van der Waals surface area contributed by atoms with Gasteiger partial charge >= 0.3 is 12.1 Å². The smallest absolute Gasteiger partial charge is 0.426 e. The number of ether oxygens (including phenoxy) is 1. The second kappa shape index (κ2) is 6.19. The molecular formula is C10H6BrCl2F3O3. The van der Waals surface area contributed by atoms with Crippen LogP contribution in [0.1, 0.15) is 6.42 Å². The molecule has 0 aliphatic carbocycles. The molecule has 1 rings (SSSR count). The van der Waals surface area contributed by atoms with Gasteiger partial charge in [-0.1, -0.05) is 23.2 Å². The number of alkyl halides is 3. The summed E-state index contributed by atoms with van der Waals surface area (Å²) < 4.78 is 42.8. The van der Waals surface area contributed by atoms with E-state index < -0.39 is 24.7 Å². The lowest BCUT2D eigenvalue weighted by Crippen LogP contribution is -2.36. The fourth-order valence-electron chi connectivity index (χ4n) is 1.13. The number of aliphatic carboxylic acids is 1. The molecule has 0 aromatic heterocycles. The minimum Gasteiger partial charge on any atom is -0.481 e. The molecule has 9 heteroatoms. The summed E-state index contributed by atoms with van der Waals surface area (Å²) >= 11 is 14.4. The average Bonchev–Trinajstić information content (AvgIpc) is 2.22. The normalized spacial score (nSPS) is 13.2. The highest BCUT2D eigenvalue weighted by atomic mass is 79.9. The Morgan fingerprint density at radius 2 is 1.95 bits per heavy atom. The molecule has 0 fully saturated rings. The van der Waals surface area contributed by atoms with Gasteiger partial charge in [0.15, 0.2) is 0 Å². The molecule has 1 atom stereocenters. The molecule has 0 spiro atoms. The van der Waals surface area contributed by atoms with Crippen molar-refractivity contribution in [2.45, 2.75) is 18.7 Å². The number of hydrogen-bond acceptors (Lipinski definition) is 2. The first kappa shape index (κ1) is 16.4. The van der Waals surface area contributed by atoms with Crippen LogP contribution in [-0.4, -0.2) is 23.4 Å². The van der Waals surface area contributed by atoms with Crippen LogP contribution in [-0.2, 0) is 4.79 Å². The molecule has 0 radical (unpaired) electrons. The van der Waals surface area contributed by atoms with E-state index in [0.29, 0.717) is 4.47 Å². The van der Waals surface area contributed by atoms with Crippen molar-refractivity contribution >= 4 is 45.1 Å². The van der Waals surface area contributed by atoms with Crippen molar-refractivity contribution in [2.75, 3.05) is 0 Å². The van der Waals surface area contributed by atoms with Crippen molar-refractivity contribution < 1.29 is 27.8 Å². The largest absolute Gasteiger partial charge is 0.481 e. The number of carboxylic acid groups (broad SMARTS) is 1. The molecule has 106 valence electrons. The highest BCUT2D eigenvalue weighted by Crippen LogP contribution is 2.36. The molecule has 0 saturated heterocycles. The number of halogens is 6. The molecule has 1 N–H and O–H groups in total. The van der Waals surface area contributed by atoms with E-state index in [9.17, 15) is 18.0 Å². The van der Waals surface area contributed by atoms with Gasteiger partial charge in [-0.25, -0.2) is 0 Å². The summed E-state index contributed by atoms with van der Waals surface area (Å²) in [6.45, 7) is 0. The summed E-state index contributed by atoms with van der Waals surface area (Å²) in [5.74, 6) is -1.97. The van der Waals surface area contributed by atoms with Gasteiger partial charge in [0.2, 0.25) is 6.10 Å². The molecule has 0 saturated carbocycles. The highest BCUT2D eigenvalue weighted by Gasteiger charge is 2.43. The van der Waals surface area contributed by atoms with Crippen LogP contribution in [0.3, 0.4) is 0 Å². The molecular weight excluding hydrogens is 376 g/mol. The quantitative estimate of drug-likeness (QED) is 0.779. The Labute approximate surface area is 124 Å². The predicted molar refractivity (Wildman–Crippen MR) is 66.9 cm³/mol. The predicted octanol–water partition coefficient (Wildman–Crippen LogP) is 4.54. The van der Waals surface area contributed by atoms with E-state index in [2.05, 4.69) is 20.7 Å². The zero-order valence-electron chi connectivity index (χ0n) is 8.97. The fourth-order valence-corrected chi connectivity index (χ4v) is 1.97. The van der Waals surface area contributed by atoms with Crippen molar-refractivity contribution in [1.29, 1.82) is 0 Å². The first-order valence-electron chi connectivity index (χ1n) is 4.71.